The van der Waals surface area contributed by atoms with Crippen LogP contribution in [-0.4, -0.2) is 23.3 Å². The Labute approximate surface area is 156 Å². The highest BCUT2D eigenvalue weighted by Crippen LogP contribution is 2.18. The topological polar surface area (TPSA) is 111 Å². The Bertz CT molecular complexity index is 864. The van der Waals surface area contributed by atoms with Crippen LogP contribution in [0, 0.1) is 10.1 Å². The Morgan fingerprint density at radius 3 is 2.67 bits per heavy atom. The number of nitrogens with one attached hydrogen (secondary N) is 2. The third kappa shape index (κ3) is 5.96. The molecule has 140 valence electrons. The van der Waals surface area contributed by atoms with Crippen LogP contribution in [0.2, 0.25) is 0 Å². The highest BCUT2D eigenvalue weighted by Gasteiger charge is 2.12. The Morgan fingerprint density at radius 1 is 1.15 bits per heavy atom. The zero-order chi connectivity index (χ0) is 19.6. The van der Waals surface area contributed by atoms with Gasteiger partial charge >= 0.3 is 0 Å². The number of nitro groups is 1. The van der Waals surface area contributed by atoms with E-state index in [-0.39, 0.29) is 5.69 Å². The molecule has 0 atom stereocenters. The summed E-state index contributed by atoms with van der Waals surface area (Å²) in [4.78, 5) is 34.3. The van der Waals surface area contributed by atoms with E-state index in [1.54, 1.807) is 30.3 Å². The number of benzene rings is 2. The Morgan fingerprint density at radius 2 is 1.93 bits per heavy atom. The summed E-state index contributed by atoms with van der Waals surface area (Å²) in [5.74, 6) is -0.668. The average Bonchev–Trinajstić information content (AvgIpc) is 2.69. The van der Waals surface area contributed by atoms with Crippen LogP contribution in [0.15, 0.2) is 54.6 Å². The molecule has 0 fully saturated rings. The monoisotopic (exact) mass is 369 g/mol. The first-order valence-electron chi connectivity index (χ1n) is 8.26. The van der Waals surface area contributed by atoms with Crippen molar-refractivity contribution in [2.75, 3.05) is 6.61 Å². The predicted octanol–water partition coefficient (Wildman–Crippen LogP) is 2.86. The van der Waals surface area contributed by atoms with Crippen molar-refractivity contribution in [2.24, 2.45) is 0 Å². The molecule has 2 rings (SSSR count). The van der Waals surface area contributed by atoms with Crippen molar-refractivity contribution in [3.63, 3.8) is 0 Å². The van der Waals surface area contributed by atoms with E-state index < -0.39 is 16.7 Å². The summed E-state index contributed by atoms with van der Waals surface area (Å²) < 4.78 is 5.51. The highest BCUT2D eigenvalue weighted by molar-refractivity contribution is 5.99. The maximum atomic E-state index is 12.2. The van der Waals surface area contributed by atoms with E-state index in [0.29, 0.717) is 23.5 Å². The smallest absolute Gasteiger partial charge is 0.273 e. The first kappa shape index (κ1) is 19.6. The van der Waals surface area contributed by atoms with Crippen LogP contribution < -0.4 is 15.6 Å². The molecule has 0 unspecified atom stereocenters. The molecule has 2 N–H and O–H groups in total. The molecule has 0 radical (unpaired) electrons. The summed E-state index contributed by atoms with van der Waals surface area (Å²) in [6.07, 6.45) is 3.38. The number of carbonyl (C=O) groups is 2. The number of nitro benzene ring substituents is 1. The molecule has 0 aliphatic carbocycles. The van der Waals surface area contributed by atoms with E-state index in [1.807, 2.05) is 6.92 Å². The Hall–Kier alpha value is -3.68. The van der Waals surface area contributed by atoms with Crippen molar-refractivity contribution < 1.29 is 19.2 Å². The van der Waals surface area contributed by atoms with Crippen LogP contribution in [0.25, 0.3) is 6.08 Å². The fourth-order valence-electron chi connectivity index (χ4n) is 2.13. The van der Waals surface area contributed by atoms with Crippen LogP contribution in [0.3, 0.4) is 0 Å². The first-order valence-corrected chi connectivity index (χ1v) is 8.26. The molecule has 8 heteroatoms. The summed E-state index contributed by atoms with van der Waals surface area (Å²) in [6, 6.07) is 12.5. The third-order valence-corrected chi connectivity index (χ3v) is 3.40. The SMILES string of the molecule is CCCOc1ccccc1C(=O)NNC(=O)/C=C/c1cccc([N+](=O)[O-])c1. The molecule has 0 spiro atoms. The van der Waals surface area contributed by atoms with Gasteiger partial charge in [0.25, 0.3) is 17.5 Å². The number of amides is 2. The van der Waals surface area contributed by atoms with Gasteiger partial charge < -0.3 is 4.74 Å². The van der Waals surface area contributed by atoms with E-state index in [4.69, 9.17) is 4.74 Å². The lowest BCUT2D eigenvalue weighted by atomic mass is 10.2. The number of hydrogen-bond acceptors (Lipinski definition) is 5. The van der Waals surface area contributed by atoms with Crippen molar-refractivity contribution in [1.82, 2.24) is 10.9 Å². The van der Waals surface area contributed by atoms with Gasteiger partial charge in [-0.25, -0.2) is 0 Å². The van der Waals surface area contributed by atoms with Gasteiger partial charge in [0.05, 0.1) is 17.1 Å². The summed E-state index contributed by atoms with van der Waals surface area (Å²) in [5, 5.41) is 10.7. The van der Waals surface area contributed by atoms with Gasteiger partial charge in [-0.05, 0) is 30.2 Å². The lowest BCUT2D eigenvalue weighted by Crippen LogP contribution is -2.40. The van der Waals surface area contributed by atoms with Gasteiger partial charge in [-0.15, -0.1) is 0 Å². The van der Waals surface area contributed by atoms with E-state index in [1.165, 1.54) is 30.4 Å². The van der Waals surface area contributed by atoms with Crippen molar-refractivity contribution in [3.8, 4) is 5.75 Å². The second-order valence-corrected chi connectivity index (χ2v) is 5.47. The largest absolute Gasteiger partial charge is 0.493 e. The van der Waals surface area contributed by atoms with Crippen molar-refractivity contribution in [2.45, 2.75) is 13.3 Å². The number of carbonyl (C=O) groups excluding carboxylic acids is 2. The zero-order valence-electron chi connectivity index (χ0n) is 14.7. The normalized spacial score (nSPS) is 10.4. The summed E-state index contributed by atoms with van der Waals surface area (Å²) in [6.45, 7) is 2.43. The van der Waals surface area contributed by atoms with Crippen LogP contribution in [0.5, 0.6) is 5.75 Å². The molecule has 0 aromatic heterocycles. The maximum Gasteiger partial charge on any atom is 0.273 e. The van der Waals surface area contributed by atoms with Gasteiger partial charge in [0.2, 0.25) is 0 Å². The van der Waals surface area contributed by atoms with Gasteiger partial charge in [0.1, 0.15) is 5.75 Å². The molecule has 2 aromatic carbocycles. The van der Waals surface area contributed by atoms with Gasteiger partial charge in [0.15, 0.2) is 0 Å². The molecule has 2 amide bonds. The highest BCUT2D eigenvalue weighted by atomic mass is 16.6. The van der Waals surface area contributed by atoms with E-state index in [2.05, 4.69) is 10.9 Å². The fraction of sp³-hybridized carbons (Fsp3) is 0.158. The maximum absolute atomic E-state index is 12.2. The molecular formula is C19H19N3O5. The van der Waals surface area contributed by atoms with Gasteiger partial charge in [0, 0.05) is 18.2 Å². The summed E-state index contributed by atoms with van der Waals surface area (Å²) in [5.41, 5.74) is 5.28. The molecular weight excluding hydrogens is 350 g/mol. The van der Waals surface area contributed by atoms with E-state index in [9.17, 15) is 19.7 Å². The van der Waals surface area contributed by atoms with E-state index >= 15 is 0 Å². The number of para-hydroxylation sites is 1. The number of rotatable bonds is 7. The van der Waals surface area contributed by atoms with E-state index in [0.717, 1.165) is 6.42 Å². The van der Waals surface area contributed by atoms with Crippen LogP contribution in [-0.2, 0) is 4.79 Å². The molecule has 2 aromatic rings. The minimum Gasteiger partial charge on any atom is -0.493 e. The van der Waals surface area contributed by atoms with Crippen LogP contribution in [0.1, 0.15) is 29.3 Å². The van der Waals surface area contributed by atoms with Crippen molar-refractivity contribution in [3.05, 3.63) is 75.8 Å². The second kappa shape index (κ2) is 9.71. The lowest BCUT2D eigenvalue weighted by Gasteiger charge is -2.11. The fourth-order valence-corrected chi connectivity index (χ4v) is 2.13. The summed E-state index contributed by atoms with van der Waals surface area (Å²) in [7, 11) is 0. The number of ether oxygens (including phenoxy) is 1. The predicted molar refractivity (Wildman–Crippen MR) is 100.0 cm³/mol. The molecule has 0 saturated carbocycles. The number of non-ortho nitro benzene ring substituents is 1. The number of hydrogen-bond donors (Lipinski definition) is 2. The molecule has 27 heavy (non-hydrogen) atoms. The van der Waals surface area contributed by atoms with Gasteiger partial charge in [-0.3, -0.25) is 30.6 Å². The molecule has 0 heterocycles. The second-order valence-electron chi connectivity index (χ2n) is 5.47. The Kier molecular flexibility index (Phi) is 7.07. The van der Waals surface area contributed by atoms with Gasteiger partial charge in [-0.2, -0.15) is 0 Å². The minimum absolute atomic E-state index is 0.0745. The quantitative estimate of drug-likeness (QED) is 0.443. The lowest BCUT2D eigenvalue weighted by molar-refractivity contribution is -0.384. The Balaban J connectivity index is 1.94. The average molecular weight is 369 g/mol. The molecule has 0 saturated heterocycles. The molecule has 0 bridgehead atoms. The number of hydrazine groups is 1. The molecule has 0 aliphatic heterocycles. The molecule has 0 aliphatic rings. The minimum atomic E-state index is -0.582. The third-order valence-electron chi connectivity index (χ3n) is 3.40. The summed E-state index contributed by atoms with van der Waals surface area (Å²) >= 11 is 0. The van der Waals surface area contributed by atoms with Crippen LogP contribution >= 0.6 is 0 Å². The van der Waals surface area contributed by atoms with Gasteiger partial charge in [-0.1, -0.05) is 31.2 Å². The molecule has 8 nitrogen and oxygen atoms in total. The first-order chi connectivity index (χ1) is 13.0. The van der Waals surface area contributed by atoms with Crippen LogP contribution in [0.4, 0.5) is 5.69 Å². The zero-order valence-corrected chi connectivity index (χ0v) is 14.7. The number of nitrogens with zero attached hydrogens (tertiary/aromatic N) is 1. The standard InChI is InChI=1S/C19H19N3O5/c1-2-12-27-17-9-4-3-8-16(17)19(24)21-20-18(23)11-10-14-6-5-7-15(13-14)22(25)26/h3-11,13H,2,12H2,1H3,(H,20,23)(H,21,24)/b11-10+. The van der Waals surface area contributed by atoms with Crippen molar-refractivity contribution in [1.29, 1.82) is 0 Å². The van der Waals surface area contributed by atoms with Crippen molar-refractivity contribution >= 4 is 23.6 Å².